The van der Waals surface area contributed by atoms with Crippen LogP contribution in [0, 0.1) is 11.8 Å². The lowest BCUT2D eigenvalue weighted by molar-refractivity contribution is 0.540. The van der Waals surface area contributed by atoms with Gasteiger partial charge in [0.1, 0.15) is 0 Å². The third kappa shape index (κ3) is 6.54. The lowest BCUT2D eigenvalue weighted by Gasteiger charge is -2.14. The molecule has 0 fully saturated rings. The van der Waals surface area contributed by atoms with Crippen molar-refractivity contribution in [3.8, 4) is 0 Å². The standard InChI is InChI=1S/C15H28/c1-6-10-14(8-3)12-15(9-4)11-13(5)7-2/h6,12-14H,1,7-11H2,2-5H3. The maximum absolute atomic E-state index is 3.83. The van der Waals surface area contributed by atoms with Crippen LogP contribution < -0.4 is 0 Å². The van der Waals surface area contributed by atoms with Crippen molar-refractivity contribution in [3.63, 3.8) is 0 Å². The van der Waals surface area contributed by atoms with Gasteiger partial charge in [0, 0.05) is 0 Å². The maximum atomic E-state index is 3.83. The summed E-state index contributed by atoms with van der Waals surface area (Å²) in [6.45, 7) is 13.0. The smallest absolute Gasteiger partial charge is 0.0199 e. The van der Waals surface area contributed by atoms with Crippen LogP contribution in [0.5, 0.6) is 0 Å². The second-order valence-corrected chi connectivity index (χ2v) is 4.59. The first-order valence-electron chi connectivity index (χ1n) is 6.48. The van der Waals surface area contributed by atoms with E-state index in [4.69, 9.17) is 0 Å². The highest BCUT2D eigenvalue weighted by molar-refractivity contribution is 5.05. The molecule has 0 aromatic heterocycles. The number of rotatable bonds is 8. The van der Waals surface area contributed by atoms with E-state index in [1.54, 1.807) is 5.57 Å². The Labute approximate surface area is 96.5 Å². The van der Waals surface area contributed by atoms with Gasteiger partial charge in [0.15, 0.2) is 0 Å². The molecule has 0 saturated carbocycles. The Bertz CT molecular complexity index is 188. The van der Waals surface area contributed by atoms with Crippen molar-refractivity contribution in [2.75, 3.05) is 0 Å². The normalized spacial score (nSPS) is 16.1. The highest BCUT2D eigenvalue weighted by Crippen LogP contribution is 2.21. The Balaban J connectivity index is 4.33. The van der Waals surface area contributed by atoms with E-state index in [2.05, 4.69) is 40.3 Å². The van der Waals surface area contributed by atoms with Crippen LogP contribution in [-0.4, -0.2) is 0 Å². The molecule has 0 amide bonds. The average Bonchev–Trinajstić information content (AvgIpc) is 2.26. The van der Waals surface area contributed by atoms with E-state index < -0.39 is 0 Å². The Morgan fingerprint density at radius 2 is 1.87 bits per heavy atom. The van der Waals surface area contributed by atoms with Crippen molar-refractivity contribution in [1.82, 2.24) is 0 Å². The van der Waals surface area contributed by atoms with Crippen LogP contribution in [0.25, 0.3) is 0 Å². The first kappa shape index (κ1) is 14.5. The third-order valence-corrected chi connectivity index (χ3v) is 3.23. The first-order valence-corrected chi connectivity index (χ1v) is 6.48. The summed E-state index contributed by atoms with van der Waals surface area (Å²) in [7, 11) is 0. The summed E-state index contributed by atoms with van der Waals surface area (Å²) in [6, 6.07) is 0. The van der Waals surface area contributed by atoms with Gasteiger partial charge in [-0.2, -0.15) is 0 Å². The summed E-state index contributed by atoms with van der Waals surface area (Å²) in [4.78, 5) is 0. The molecule has 0 aromatic carbocycles. The van der Waals surface area contributed by atoms with Crippen molar-refractivity contribution in [3.05, 3.63) is 24.3 Å². The van der Waals surface area contributed by atoms with E-state index in [1.807, 2.05) is 6.08 Å². The summed E-state index contributed by atoms with van der Waals surface area (Å²) < 4.78 is 0. The van der Waals surface area contributed by atoms with Crippen LogP contribution in [0.4, 0.5) is 0 Å². The maximum Gasteiger partial charge on any atom is -0.0199 e. The van der Waals surface area contributed by atoms with Gasteiger partial charge in [-0.1, -0.05) is 51.8 Å². The van der Waals surface area contributed by atoms with E-state index in [-0.39, 0.29) is 0 Å². The van der Waals surface area contributed by atoms with Crippen LogP contribution in [-0.2, 0) is 0 Å². The van der Waals surface area contributed by atoms with Gasteiger partial charge in [-0.05, 0) is 37.5 Å². The van der Waals surface area contributed by atoms with Crippen LogP contribution in [0.15, 0.2) is 24.3 Å². The molecular formula is C15H28. The highest BCUT2D eigenvalue weighted by atomic mass is 14.1. The van der Waals surface area contributed by atoms with Gasteiger partial charge in [0.2, 0.25) is 0 Å². The molecule has 0 saturated heterocycles. The highest BCUT2D eigenvalue weighted by Gasteiger charge is 2.06. The molecule has 0 aliphatic heterocycles. The zero-order valence-corrected chi connectivity index (χ0v) is 11.1. The molecule has 0 rings (SSSR count). The van der Waals surface area contributed by atoms with Crippen molar-refractivity contribution >= 4 is 0 Å². The molecule has 0 spiro atoms. The molecule has 0 aliphatic rings. The predicted octanol–water partition coefficient (Wildman–Crippen LogP) is 5.36. The second kappa shape index (κ2) is 8.76. The predicted molar refractivity (Wildman–Crippen MR) is 71.0 cm³/mol. The van der Waals surface area contributed by atoms with Crippen LogP contribution in [0.3, 0.4) is 0 Å². The van der Waals surface area contributed by atoms with Gasteiger partial charge < -0.3 is 0 Å². The zero-order chi connectivity index (χ0) is 11.7. The molecule has 0 bridgehead atoms. The minimum atomic E-state index is 0.710. The molecule has 88 valence electrons. The van der Waals surface area contributed by atoms with E-state index in [1.165, 1.54) is 25.7 Å². The fourth-order valence-corrected chi connectivity index (χ4v) is 1.82. The van der Waals surface area contributed by atoms with Gasteiger partial charge in [-0.3, -0.25) is 0 Å². The fourth-order valence-electron chi connectivity index (χ4n) is 1.82. The molecule has 0 nitrogen and oxygen atoms in total. The molecule has 0 aliphatic carbocycles. The Hall–Kier alpha value is -0.520. The van der Waals surface area contributed by atoms with Crippen molar-refractivity contribution < 1.29 is 0 Å². The van der Waals surface area contributed by atoms with Gasteiger partial charge in [-0.25, -0.2) is 0 Å². The molecule has 0 N–H and O–H groups in total. The monoisotopic (exact) mass is 208 g/mol. The van der Waals surface area contributed by atoms with Gasteiger partial charge in [0.05, 0.1) is 0 Å². The Morgan fingerprint density at radius 3 is 2.27 bits per heavy atom. The van der Waals surface area contributed by atoms with Gasteiger partial charge in [-0.15, -0.1) is 6.58 Å². The van der Waals surface area contributed by atoms with Crippen LogP contribution >= 0.6 is 0 Å². The van der Waals surface area contributed by atoms with E-state index >= 15 is 0 Å². The molecule has 0 heteroatoms. The summed E-state index contributed by atoms with van der Waals surface area (Å²) in [5.41, 5.74) is 1.64. The van der Waals surface area contributed by atoms with Gasteiger partial charge in [0.25, 0.3) is 0 Å². The van der Waals surface area contributed by atoms with Crippen molar-refractivity contribution in [2.24, 2.45) is 11.8 Å². The van der Waals surface area contributed by atoms with E-state index in [9.17, 15) is 0 Å². The lowest BCUT2D eigenvalue weighted by Crippen LogP contribution is -1.99. The topological polar surface area (TPSA) is 0 Å². The molecule has 0 heterocycles. The number of allylic oxidation sites excluding steroid dienone is 3. The minimum Gasteiger partial charge on any atom is -0.103 e. The summed E-state index contributed by atoms with van der Waals surface area (Å²) in [5.74, 6) is 1.54. The Morgan fingerprint density at radius 1 is 1.20 bits per heavy atom. The molecule has 2 unspecified atom stereocenters. The summed E-state index contributed by atoms with van der Waals surface area (Å²) >= 11 is 0. The summed E-state index contributed by atoms with van der Waals surface area (Å²) in [5, 5.41) is 0. The third-order valence-electron chi connectivity index (χ3n) is 3.23. The minimum absolute atomic E-state index is 0.710. The molecule has 15 heavy (non-hydrogen) atoms. The number of hydrogen-bond donors (Lipinski definition) is 0. The second-order valence-electron chi connectivity index (χ2n) is 4.59. The zero-order valence-electron chi connectivity index (χ0n) is 11.1. The molecule has 2 atom stereocenters. The first-order chi connectivity index (χ1) is 7.17. The van der Waals surface area contributed by atoms with Crippen molar-refractivity contribution in [2.45, 2.75) is 59.8 Å². The van der Waals surface area contributed by atoms with Crippen LogP contribution in [0.2, 0.25) is 0 Å². The van der Waals surface area contributed by atoms with E-state index in [0.717, 1.165) is 12.3 Å². The quantitative estimate of drug-likeness (QED) is 0.471. The van der Waals surface area contributed by atoms with Crippen molar-refractivity contribution in [1.29, 1.82) is 0 Å². The summed E-state index contributed by atoms with van der Waals surface area (Å²) in [6.07, 6.45) is 10.7. The SMILES string of the molecule is C=CCC(C=C(CC)CC(C)CC)CC. The molecule has 0 aromatic rings. The van der Waals surface area contributed by atoms with E-state index in [0.29, 0.717) is 5.92 Å². The largest absolute Gasteiger partial charge is 0.103 e. The number of hydrogen-bond acceptors (Lipinski definition) is 0. The molecule has 0 radical (unpaired) electrons. The Kier molecular flexibility index (Phi) is 8.46. The fraction of sp³-hybridized carbons (Fsp3) is 0.733. The van der Waals surface area contributed by atoms with Crippen LogP contribution in [0.1, 0.15) is 59.8 Å². The molecular weight excluding hydrogens is 180 g/mol. The lowest BCUT2D eigenvalue weighted by atomic mass is 9.92. The van der Waals surface area contributed by atoms with Gasteiger partial charge >= 0.3 is 0 Å². The average molecular weight is 208 g/mol.